The van der Waals surface area contributed by atoms with Crippen molar-refractivity contribution in [3.05, 3.63) is 44.9 Å². The summed E-state index contributed by atoms with van der Waals surface area (Å²) in [6, 6.07) is 4.44. The molecular formula is C12H13ClN4O5S. The first-order valence-corrected chi connectivity index (χ1v) is 7.75. The second kappa shape index (κ2) is 9.06. The maximum Gasteiger partial charge on any atom is 0.341 e. The minimum atomic E-state index is -0.887. The number of urea groups is 1. The third-order valence-corrected chi connectivity index (χ3v) is 3.65. The van der Waals surface area contributed by atoms with E-state index in [0.717, 1.165) is 11.8 Å². The van der Waals surface area contributed by atoms with Gasteiger partial charge in [-0.25, -0.2) is 4.79 Å². The third kappa shape index (κ3) is 5.83. The van der Waals surface area contributed by atoms with Gasteiger partial charge in [0.15, 0.2) is 0 Å². The molecule has 0 aliphatic carbocycles. The fraction of sp³-hybridized carbons (Fsp3) is 0.333. The number of nitroso groups, excluding NO2 is 1. The molecule has 124 valence electrons. The quantitative estimate of drug-likeness (QED) is 0.199. The number of non-ortho nitro benzene ring substituents is 1. The van der Waals surface area contributed by atoms with Crippen LogP contribution in [-0.2, 0) is 0 Å². The number of thioether (sulfide) groups is 1. The molecule has 1 rings (SSSR count). The normalized spacial score (nSPS) is 11.4. The van der Waals surface area contributed by atoms with E-state index in [9.17, 15) is 24.6 Å². The van der Waals surface area contributed by atoms with Gasteiger partial charge < -0.3 is 5.32 Å². The molecule has 1 atom stereocenters. The van der Waals surface area contributed by atoms with Gasteiger partial charge in [0.1, 0.15) is 5.50 Å². The van der Waals surface area contributed by atoms with E-state index in [1.165, 1.54) is 31.2 Å². The summed E-state index contributed by atoms with van der Waals surface area (Å²) < 4.78 is 0. The first-order valence-electron chi connectivity index (χ1n) is 6.32. The van der Waals surface area contributed by atoms with E-state index < -0.39 is 16.5 Å². The van der Waals surface area contributed by atoms with Gasteiger partial charge in [-0.15, -0.1) is 4.91 Å². The molecule has 1 aromatic carbocycles. The summed E-state index contributed by atoms with van der Waals surface area (Å²) in [5.74, 6) is 0.255. The zero-order valence-corrected chi connectivity index (χ0v) is 13.5. The van der Waals surface area contributed by atoms with Crippen LogP contribution in [0.5, 0.6) is 0 Å². The van der Waals surface area contributed by atoms with Gasteiger partial charge in [0.2, 0.25) is 5.12 Å². The van der Waals surface area contributed by atoms with Gasteiger partial charge in [-0.3, -0.25) is 14.9 Å². The molecule has 1 N–H and O–H groups in total. The van der Waals surface area contributed by atoms with Crippen LogP contribution in [-0.4, -0.2) is 38.9 Å². The fourth-order valence-electron chi connectivity index (χ4n) is 1.45. The molecule has 0 heterocycles. The summed E-state index contributed by atoms with van der Waals surface area (Å²) in [6.45, 7) is 1.53. The van der Waals surface area contributed by atoms with E-state index >= 15 is 0 Å². The number of rotatable bonds is 7. The van der Waals surface area contributed by atoms with Crippen molar-refractivity contribution in [3.63, 3.8) is 0 Å². The van der Waals surface area contributed by atoms with E-state index in [1.54, 1.807) is 0 Å². The summed E-state index contributed by atoms with van der Waals surface area (Å²) in [7, 11) is 0. The molecule has 11 heteroatoms. The minimum Gasteiger partial charge on any atom is -0.336 e. The number of nitrogens with one attached hydrogen (secondary N) is 1. The second-order valence-electron chi connectivity index (χ2n) is 4.17. The van der Waals surface area contributed by atoms with Crippen molar-refractivity contribution >= 4 is 40.2 Å². The van der Waals surface area contributed by atoms with Crippen LogP contribution in [0, 0.1) is 15.0 Å². The number of nitrogens with zero attached hydrogens (tertiary/aromatic N) is 3. The monoisotopic (exact) mass is 360 g/mol. The highest BCUT2D eigenvalue weighted by atomic mass is 35.5. The molecule has 0 aromatic heterocycles. The number of nitro groups is 1. The third-order valence-electron chi connectivity index (χ3n) is 2.56. The van der Waals surface area contributed by atoms with Crippen LogP contribution in [0.15, 0.2) is 29.6 Å². The Balaban J connectivity index is 2.41. The number of hydrogen-bond donors (Lipinski definition) is 1. The summed E-state index contributed by atoms with van der Waals surface area (Å²) in [4.78, 5) is 43.7. The minimum absolute atomic E-state index is 0.101. The zero-order chi connectivity index (χ0) is 17.4. The van der Waals surface area contributed by atoms with Crippen LogP contribution in [0.25, 0.3) is 0 Å². The smallest absolute Gasteiger partial charge is 0.336 e. The van der Waals surface area contributed by atoms with Gasteiger partial charge in [-0.05, 0) is 19.1 Å². The molecule has 0 saturated carbocycles. The highest BCUT2D eigenvalue weighted by Crippen LogP contribution is 2.16. The van der Waals surface area contributed by atoms with Crippen molar-refractivity contribution in [3.8, 4) is 0 Å². The number of carbonyl (C=O) groups is 2. The van der Waals surface area contributed by atoms with Crippen molar-refractivity contribution in [1.29, 1.82) is 0 Å². The maximum atomic E-state index is 11.8. The SMILES string of the molecule is CC(Cl)N(N=O)C(=O)NCCSC(=O)c1ccc([N+](=O)[O-])cc1. The number of amides is 2. The summed E-state index contributed by atoms with van der Waals surface area (Å²) in [5.41, 5.74) is -0.671. The number of nitro benzene ring substituents is 1. The Morgan fingerprint density at radius 1 is 1.43 bits per heavy atom. The van der Waals surface area contributed by atoms with Crippen LogP contribution in [0.3, 0.4) is 0 Å². The molecule has 9 nitrogen and oxygen atoms in total. The second-order valence-corrected chi connectivity index (χ2v) is 5.87. The van der Waals surface area contributed by atoms with Crippen molar-refractivity contribution < 1.29 is 14.5 Å². The number of alkyl halides is 1. The first kappa shape index (κ1) is 18.8. The lowest BCUT2D eigenvalue weighted by Crippen LogP contribution is -2.40. The van der Waals surface area contributed by atoms with E-state index in [1.807, 2.05) is 0 Å². The van der Waals surface area contributed by atoms with Crippen molar-refractivity contribution in [2.75, 3.05) is 12.3 Å². The standard InChI is InChI=1S/C12H13ClN4O5S/c1-8(13)16(15-20)12(19)14-6-7-23-11(18)9-2-4-10(5-3-9)17(21)22/h2-5,8H,6-7H2,1H3,(H,14,19). The zero-order valence-electron chi connectivity index (χ0n) is 12.0. The van der Waals surface area contributed by atoms with E-state index in [-0.39, 0.29) is 23.1 Å². The van der Waals surface area contributed by atoms with Gasteiger partial charge in [0.25, 0.3) is 5.69 Å². The lowest BCUT2D eigenvalue weighted by atomic mass is 10.2. The number of benzene rings is 1. The van der Waals surface area contributed by atoms with Crippen LogP contribution in [0.2, 0.25) is 0 Å². The average molecular weight is 361 g/mol. The van der Waals surface area contributed by atoms with Gasteiger partial charge in [-0.1, -0.05) is 23.4 Å². The highest BCUT2D eigenvalue weighted by molar-refractivity contribution is 8.14. The molecule has 23 heavy (non-hydrogen) atoms. The van der Waals surface area contributed by atoms with E-state index in [2.05, 4.69) is 10.6 Å². The van der Waals surface area contributed by atoms with Gasteiger partial charge in [0, 0.05) is 30.0 Å². The Labute approximate surface area is 140 Å². The highest BCUT2D eigenvalue weighted by Gasteiger charge is 2.18. The molecule has 0 aliphatic rings. The summed E-state index contributed by atoms with van der Waals surface area (Å²) in [5, 5.41) is 15.6. The van der Waals surface area contributed by atoms with Crippen LogP contribution in [0.1, 0.15) is 17.3 Å². The Bertz CT molecular complexity index is 596. The van der Waals surface area contributed by atoms with E-state index in [4.69, 9.17) is 11.6 Å². The number of hydrogen-bond acceptors (Lipinski definition) is 7. The number of carbonyl (C=O) groups excluding carboxylic acids is 2. The largest absolute Gasteiger partial charge is 0.341 e. The Morgan fingerprint density at radius 2 is 2.04 bits per heavy atom. The van der Waals surface area contributed by atoms with Gasteiger partial charge >= 0.3 is 6.03 Å². The molecule has 0 bridgehead atoms. The summed E-state index contributed by atoms with van der Waals surface area (Å²) in [6.07, 6.45) is 0. The fourth-order valence-corrected chi connectivity index (χ4v) is 2.27. The topological polar surface area (TPSA) is 122 Å². The van der Waals surface area contributed by atoms with E-state index in [0.29, 0.717) is 10.6 Å². The Morgan fingerprint density at radius 3 is 2.52 bits per heavy atom. The molecule has 2 amide bonds. The van der Waals surface area contributed by atoms with Crippen LogP contribution < -0.4 is 5.32 Å². The van der Waals surface area contributed by atoms with Crippen molar-refractivity contribution in [1.82, 2.24) is 10.3 Å². The Hall–Kier alpha value is -2.20. The molecule has 1 aromatic rings. The lowest BCUT2D eigenvalue weighted by molar-refractivity contribution is -0.384. The van der Waals surface area contributed by atoms with Crippen molar-refractivity contribution in [2.24, 2.45) is 5.29 Å². The maximum absolute atomic E-state index is 11.8. The number of halogens is 1. The molecule has 0 radical (unpaired) electrons. The first-order chi connectivity index (χ1) is 10.9. The molecule has 1 unspecified atom stereocenters. The molecule has 0 spiro atoms. The average Bonchev–Trinajstić information content (AvgIpc) is 2.51. The molecule has 0 aliphatic heterocycles. The van der Waals surface area contributed by atoms with Gasteiger partial charge in [0.05, 0.1) is 10.2 Å². The van der Waals surface area contributed by atoms with Crippen molar-refractivity contribution in [2.45, 2.75) is 12.4 Å². The molecular weight excluding hydrogens is 348 g/mol. The predicted molar refractivity (Wildman–Crippen MR) is 86.2 cm³/mol. The Kier molecular flexibility index (Phi) is 7.42. The summed E-state index contributed by atoms with van der Waals surface area (Å²) >= 11 is 6.51. The molecule has 0 fully saturated rings. The van der Waals surface area contributed by atoms with Crippen LogP contribution >= 0.6 is 23.4 Å². The predicted octanol–water partition coefficient (Wildman–Crippen LogP) is 2.75. The van der Waals surface area contributed by atoms with Gasteiger partial charge in [-0.2, -0.15) is 5.01 Å². The lowest BCUT2D eigenvalue weighted by Gasteiger charge is -2.15. The van der Waals surface area contributed by atoms with Crippen LogP contribution in [0.4, 0.5) is 10.5 Å². The molecule has 0 saturated heterocycles.